The van der Waals surface area contributed by atoms with Crippen LogP contribution >= 0.6 is 11.6 Å². The summed E-state index contributed by atoms with van der Waals surface area (Å²) in [4.78, 5) is 16.2. The van der Waals surface area contributed by atoms with Gasteiger partial charge in [-0.1, -0.05) is 23.7 Å². The van der Waals surface area contributed by atoms with Crippen molar-refractivity contribution in [2.75, 3.05) is 6.61 Å². The predicted octanol–water partition coefficient (Wildman–Crippen LogP) is 4.60. The Morgan fingerprint density at radius 2 is 1.85 bits per heavy atom. The van der Waals surface area contributed by atoms with E-state index in [2.05, 4.69) is 10.3 Å². The highest BCUT2D eigenvalue weighted by atomic mass is 35.5. The third-order valence-electron chi connectivity index (χ3n) is 3.81. The Labute approximate surface area is 157 Å². The normalized spacial score (nSPS) is 11.4. The first-order chi connectivity index (χ1) is 12.8. The summed E-state index contributed by atoms with van der Waals surface area (Å²) in [7, 11) is 0. The van der Waals surface area contributed by atoms with E-state index in [4.69, 9.17) is 16.3 Å². The zero-order valence-electron chi connectivity index (χ0n) is 13.9. The Balaban J connectivity index is 1.57. The third-order valence-corrected chi connectivity index (χ3v) is 4.14. The van der Waals surface area contributed by atoms with Gasteiger partial charge in [0.1, 0.15) is 11.3 Å². The lowest BCUT2D eigenvalue weighted by molar-refractivity contribution is -0.137. The number of hydrogen-bond donors (Lipinski definition) is 1. The number of carbonyl (C=O) groups is 1. The monoisotopic (exact) mass is 394 g/mol. The Kier molecular flexibility index (Phi) is 5.51. The number of rotatable bonds is 5. The van der Waals surface area contributed by atoms with Crippen LogP contribution in [-0.4, -0.2) is 17.5 Å². The van der Waals surface area contributed by atoms with Gasteiger partial charge in [-0.25, -0.2) is 0 Å². The molecule has 3 aromatic rings. The van der Waals surface area contributed by atoms with Crippen LogP contribution in [-0.2, 0) is 17.5 Å². The van der Waals surface area contributed by atoms with Gasteiger partial charge in [0.05, 0.1) is 10.6 Å². The van der Waals surface area contributed by atoms with Crippen LogP contribution in [0.2, 0.25) is 5.02 Å². The number of alkyl halides is 3. The average Bonchev–Trinajstić information content (AvgIpc) is 2.66. The van der Waals surface area contributed by atoms with Gasteiger partial charge < -0.3 is 10.1 Å². The smallest absolute Gasteiger partial charge is 0.416 e. The van der Waals surface area contributed by atoms with E-state index >= 15 is 0 Å². The van der Waals surface area contributed by atoms with Crippen LogP contribution in [0, 0.1) is 0 Å². The van der Waals surface area contributed by atoms with Crippen molar-refractivity contribution in [1.82, 2.24) is 10.3 Å². The summed E-state index contributed by atoms with van der Waals surface area (Å²) in [6, 6.07) is 11.4. The molecule has 0 unspecified atom stereocenters. The van der Waals surface area contributed by atoms with E-state index in [9.17, 15) is 18.0 Å². The molecule has 0 radical (unpaired) electrons. The second-order valence-electron chi connectivity index (χ2n) is 5.71. The fourth-order valence-corrected chi connectivity index (χ4v) is 2.65. The first-order valence-corrected chi connectivity index (χ1v) is 8.31. The molecule has 0 bridgehead atoms. The molecule has 2 aromatic carbocycles. The number of pyridine rings is 1. The summed E-state index contributed by atoms with van der Waals surface area (Å²) in [5.41, 5.74) is 0.360. The van der Waals surface area contributed by atoms with E-state index in [1.165, 1.54) is 12.1 Å². The molecule has 4 nitrogen and oxygen atoms in total. The van der Waals surface area contributed by atoms with Crippen LogP contribution in [0.25, 0.3) is 10.9 Å². The minimum atomic E-state index is -4.38. The standard InChI is InChI=1S/C19H14ClF3N2O2/c20-15-7-8-16(18-14(15)2-1-9-24-18)27-11-17(26)25-10-12-3-5-13(6-4-12)19(21,22)23/h1-9H,10-11H2,(H,25,26). The molecule has 0 saturated carbocycles. The molecular weight excluding hydrogens is 381 g/mol. The van der Waals surface area contributed by atoms with Crippen LogP contribution in [0.1, 0.15) is 11.1 Å². The highest BCUT2D eigenvalue weighted by Crippen LogP contribution is 2.30. The first kappa shape index (κ1) is 19.0. The van der Waals surface area contributed by atoms with E-state index in [1.54, 1.807) is 30.5 Å². The maximum Gasteiger partial charge on any atom is 0.416 e. The highest BCUT2D eigenvalue weighted by Gasteiger charge is 2.29. The number of nitrogens with zero attached hydrogens (tertiary/aromatic N) is 1. The number of aromatic nitrogens is 1. The topological polar surface area (TPSA) is 51.2 Å². The summed E-state index contributed by atoms with van der Waals surface area (Å²) >= 11 is 6.10. The van der Waals surface area contributed by atoms with Gasteiger partial charge in [0, 0.05) is 18.1 Å². The molecule has 0 aliphatic rings. The van der Waals surface area contributed by atoms with E-state index in [1.807, 2.05) is 0 Å². The van der Waals surface area contributed by atoms with E-state index in [-0.39, 0.29) is 13.2 Å². The van der Waals surface area contributed by atoms with Crippen LogP contribution < -0.4 is 10.1 Å². The predicted molar refractivity (Wildman–Crippen MR) is 95.5 cm³/mol. The average molecular weight is 395 g/mol. The molecular formula is C19H14ClF3N2O2. The molecule has 1 N–H and O–H groups in total. The minimum absolute atomic E-state index is 0.0972. The molecule has 0 aliphatic carbocycles. The van der Waals surface area contributed by atoms with Crippen molar-refractivity contribution in [2.24, 2.45) is 0 Å². The maximum atomic E-state index is 12.5. The summed E-state index contributed by atoms with van der Waals surface area (Å²) in [5.74, 6) is 0.00797. The number of amides is 1. The van der Waals surface area contributed by atoms with Crippen LogP contribution in [0.5, 0.6) is 5.75 Å². The summed E-state index contributed by atoms with van der Waals surface area (Å²) in [6.07, 6.45) is -2.79. The second kappa shape index (κ2) is 7.84. The molecule has 1 aromatic heterocycles. The van der Waals surface area contributed by atoms with Gasteiger partial charge in [-0.3, -0.25) is 9.78 Å². The van der Waals surface area contributed by atoms with E-state index < -0.39 is 17.6 Å². The molecule has 1 heterocycles. The van der Waals surface area contributed by atoms with E-state index in [0.717, 1.165) is 12.1 Å². The van der Waals surface area contributed by atoms with Gasteiger partial charge in [-0.05, 0) is 42.0 Å². The molecule has 140 valence electrons. The van der Waals surface area contributed by atoms with Gasteiger partial charge in [0.2, 0.25) is 0 Å². The number of nitrogens with one attached hydrogen (secondary N) is 1. The number of halogens is 4. The molecule has 0 fully saturated rings. The lowest BCUT2D eigenvalue weighted by Crippen LogP contribution is -2.28. The molecule has 3 rings (SSSR count). The van der Waals surface area contributed by atoms with Gasteiger partial charge in [-0.2, -0.15) is 13.2 Å². The largest absolute Gasteiger partial charge is 0.481 e. The highest BCUT2D eigenvalue weighted by molar-refractivity contribution is 6.35. The van der Waals surface area contributed by atoms with Gasteiger partial charge in [-0.15, -0.1) is 0 Å². The molecule has 0 saturated heterocycles. The van der Waals surface area contributed by atoms with Crippen molar-refractivity contribution in [3.8, 4) is 5.75 Å². The Morgan fingerprint density at radius 3 is 2.56 bits per heavy atom. The molecule has 1 amide bonds. The quantitative estimate of drug-likeness (QED) is 0.688. The van der Waals surface area contributed by atoms with Crippen molar-refractivity contribution >= 4 is 28.4 Å². The molecule has 27 heavy (non-hydrogen) atoms. The number of fused-ring (bicyclic) bond motifs is 1. The van der Waals surface area contributed by atoms with Gasteiger partial charge in [0.25, 0.3) is 5.91 Å². The van der Waals surface area contributed by atoms with Crippen molar-refractivity contribution in [2.45, 2.75) is 12.7 Å². The molecule has 0 spiro atoms. The van der Waals surface area contributed by atoms with Crippen molar-refractivity contribution < 1.29 is 22.7 Å². The van der Waals surface area contributed by atoms with E-state index in [0.29, 0.717) is 27.2 Å². The molecule has 0 aliphatic heterocycles. The molecule has 0 atom stereocenters. The number of benzene rings is 2. The Morgan fingerprint density at radius 1 is 1.11 bits per heavy atom. The van der Waals surface area contributed by atoms with Crippen molar-refractivity contribution in [1.29, 1.82) is 0 Å². The lowest BCUT2D eigenvalue weighted by atomic mass is 10.1. The summed E-state index contributed by atoms with van der Waals surface area (Å²) in [5, 5.41) is 3.83. The third kappa shape index (κ3) is 4.68. The molecule has 8 heteroatoms. The number of carbonyl (C=O) groups excluding carboxylic acids is 1. The minimum Gasteiger partial charge on any atom is -0.481 e. The van der Waals surface area contributed by atoms with Gasteiger partial charge in [0.15, 0.2) is 6.61 Å². The zero-order chi connectivity index (χ0) is 19.4. The Bertz CT molecular complexity index is 959. The zero-order valence-corrected chi connectivity index (χ0v) is 14.6. The maximum absolute atomic E-state index is 12.5. The fraction of sp³-hybridized carbons (Fsp3) is 0.158. The fourth-order valence-electron chi connectivity index (χ4n) is 2.43. The van der Waals surface area contributed by atoms with Crippen molar-refractivity contribution in [3.05, 3.63) is 70.9 Å². The SMILES string of the molecule is O=C(COc1ccc(Cl)c2cccnc12)NCc1ccc(C(F)(F)F)cc1. The van der Waals surface area contributed by atoms with Crippen LogP contribution in [0.3, 0.4) is 0 Å². The summed E-state index contributed by atoms with van der Waals surface area (Å²) < 4.78 is 43.1. The Hall–Kier alpha value is -2.80. The number of hydrogen-bond acceptors (Lipinski definition) is 3. The number of ether oxygens (including phenoxy) is 1. The first-order valence-electron chi connectivity index (χ1n) is 7.93. The summed E-state index contributed by atoms with van der Waals surface area (Å²) in [6.45, 7) is -0.159. The van der Waals surface area contributed by atoms with Crippen LogP contribution in [0.4, 0.5) is 13.2 Å². The van der Waals surface area contributed by atoms with Crippen molar-refractivity contribution in [3.63, 3.8) is 0 Å². The lowest BCUT2D eigenvalue weighted by Gasteiger charge is -2.11. The second-order valence-corrected chi connectivity index (χ2v) is 6.11. The van der Waals surface area contributed by atoms with Crippen LogP contribution in [0.15, 0.2) is 54.7 Å². The van der Waals surface area contributed by atoms with Gasteiger partial charge >= 0.3 is 6.18 Å².